The van der Waals surface area contributed by atoms with Crippen LogP contribution in [0.25, 0.3) is 0 Å². The molecule has 104 valence electrons. The summed E-state index contributed by atoms with van der Waals surface area (Å²) in [6.45, 7) is 3.74. The molecule has 0 radical (unpaired) electrons. The second-order valence-corrected chi connectivity index (χ2v) is 5.21. The minimum absolute atomic E-state index is 0.0219. The van der Waals surface area contributed by atoms with E-state index in [-0.39, 0.29) is 23.3 Å². The van der Waals surface area contributed by atoms with Crippen LogP contribution in [0, 0.1) is 6.92 Å². The van der Waals surface area contributed by atoms with Crippen molar-refractivity contribution in [2.24, 2.45) is 0 Å². The highest BCUT2D eigenvalue weighted by atomic mass is 35.5. The molecule has 0 aliphatic heterocycles. The molecule has 1 unspecified atom stereocenters. The largest absolute Gasteiger partial charge is 0.507 e. The second kappa shape index (κ2) is 5.97. The van der Waals surface area contributed by atoms with Crippen LogP contribution in [0.5, 0.6) is 5.75 Å². The molecule has 0 saturated heterocycles. The molecule has 0 aromatic heterocycles. The number of aryl methyl sites for hydroxylation is 1. The van der Waals surface area contributed by atoms with Gasteiger partial charge < -0.3 is 10.4 Å². The number of amides is 1. The fraction of sp³-hybridized carbons (Fsp3) is 0.188. The lowest BCUT2D eigenvalue weighted by molar-refractivity contribution is 0.0937. The molecule has 0 bridgehead atoms. The zero-order valence-electron chi connectivity index (χ0n) is 11.4. The third-order valence-corrected chi connectivity index (χ3v) is 3.33. The molecule has 4 heteroatoms. The van der Waals surface area contributed by atoms with Gasteiger partial charge in [-0.2, -0.15) is 0 Å². The molecular formula is C16H16ClNO2. The van der Waals surface area contributed by atoms with E-state index in [4.69, 9.17) is 11.6 Å². The molecule has 1 atom stereocenters. The number of nitrogens with one attached hydrogen (secondary N) is 1. The summed E-state index contributed by atoms with van der Waals surface area (Å²) in [6, 6.07) is 12.1. The maximum atomic E-state index is 12.2. The van der Waals surface area contributed by atoms with Gasteiger partial charge >= 0.3 is 0 Å². The fourth-order valence-corrected chi connectivity index (χ4v) is 2.16. The van der Waals surface area contributed by atoms with E-state index in [1.165, 1.54) is 6.07 Å². The van der Waals surface area contributed by atoms with Crippen LogP contribution in [0.3, 0.4) is 0 Å². The molecule has 0 aliphatic carbocycles. The first-order chi connectivity index (χ1) is 9.47. The minimum Gasteiger partial charge on any atom is -0.507 e. The highest BCUT2D eigenvalue weighted by molar-refractivity contribution is 6.30. The maximum Gasteiger partial charge on any atom is 0.255 e. The quantitative estimate of drug-likeness (QED) is 0.902. The number of carbonyl (C=O) groups is 1. The van der Waals surface area contributed by atoms with Crippen LogP contribution in [0.15, 0.2) is 42.5 Å². The number of halogens is 1. The Morgan fingerprint density at radius 1 is 1.25 bits per heavy atom. The van der Waals surface area contributed by atoms with Crippen molar-refractivity contribution in [3.63, 3.8) is 0 Å². The number of aromatic hydroxyl groups is 1. The van der Waals surface area contributed by atoms with Gasteiger partial charge in [-0.15, -0.1) is 0 Å². The van der Waals surface area contributed by atoms with Crippen molar-refractivity contribution in [2.75, 3.05) is 0 Å². The summed E-state index contributed by atoms with van der Waals surface area (Å²) >= 11 is 5.94. The molecule has 1 amide bonds. The average molecular weight is 290 g/mol. The maximum absolute atomic E-state index is 12.2. The van der Waals surface area contributed by atoms with Crippen molar-refractivity contribution in [2.45, 2.75) is 19.9 Å². The van der Waals surface area contributed by atoms with Crippen LogP contribution in [0.2, 0.25) is 5.02 Å². The summed E-state index contributed by atoms with van der Waals surface area (Å²) in [5, 5.41) is 13.2. The van der Waals surface area contributed by atoms with Crippen molar-refractivity contribution in [3.05, 3.63) is 64.2 Å². The smallest absolute Gasteiger partial charge is 0.255 e. The fourth-order valence-electron chi connectivity index (χ4n) is 1.97. The molecule has 2 aromatic carbocycles. The molecule has 0 heterocycles. The summed E-state index contributed by atoms with van der Waals surface area (Å²) < 4.78 is 0. The number of rotatable bonds is 3. The first-order valence-corrected chi connectivity index (χ1v) is 6.71. The molecular weight excluding hydrogens is 274 g/mol. The lowest BCUT2D eigenvalue weighted by Gasteiger charge is -2.15. The van der Waals surface area contributed by atoms with Crippen molar-refractivity contribution in [1.82, 2.24) is 5.32 Å². The lowest BCUT2D eigenvalue weighted by atomic mass is 10.1. The lowest BCUT2D eigenvalue weighted by Crippen LogP contribution is -2.26. The molecule has 0 spiro atoms. The van der Waals surface area contributed by atoms with Crippen molar-refractivity contribution in [1.29, 1.82) is 0 Å². The third kappa shape index (κ3) is 3.31. The van der Waals surface area contributed by atoms with Gasteiger partial charge in [0, 0.05) is 5.02 Å². The number of phenolic OH excluding ortho intramolecular Hbond substituents is 1. The highest BCUT2D eigenvalue weighted by Crippen LogP contribution is 2.21. The van der Waals surface area contributed by atoms with Crippen LogP contribution < -0.4 is 5.32 Å². The number of carbonyl (C=O) groups excluding carboxylic acids is 1. The Kier molecular flexibility index (Phi) is 4.30. The van der Waals surface area contributed by atoms with Gasteiger partial charge in [0.1, 0.15) is 5.75 Å². The van der Waals surface area contributed by atoms with Crippen LogP contribution in [-0.4, -0.2) is 11.0 Å². The van der Waals surface area contributed by atoms with Crippen LogP contribution >= 0.6 is 11.6 Å². The van der Waals surface area contributed by atoms with Gasteiger partial charge in [0.2, 0.25) is 0 Å². The van der Waals surface area contributed by atoms with Gasteiger partial charge in [-0.25, -0.2) is 0 Å². The highest BCUT2D eigenvalue weighted by Gasteiger charge is 2.15. The number of hydrogen-bond acceptors (Lipinski definition) is 2. The number of phenols is 1. The van der Waals surface area contributed by atoms with Crippen LogP contribution in [-0.2, 0) is 0 Å². The molecule has 2 rings (SSSR count). The van der Waals surface area contributed by atoms with Gasteiger partial charge in [-0.3, -0.25) is 4.79 Å². The van der Waals surface area contributed by atoms with E-state index in [1.807, 2.05) is 32.0 Å². The van der Waals surface area contributed by atoms with E-state index in [0.29, 0.717) is 5.02 Å². The predicted octanol–water partition coefficient (Wildman–Crippen LogP) is 3.85. The van der Waals surface area contributed by atoms with E-state index >= 15 is 0 Å². The zero-order chi connectivity index (χ0) is 14.7. The molecule has 2 aromatic rings. The normalized spacial score (nSPS) is 11.9. The summed E-state index contributed by atoms with van der Waals surface area (Å²) in [4.78, 5) is 12.2. The first-order valence-electron chi connectivity index (χ1n) is 6.33. The third-order valence-electron chi connectivity index (χ3n) is 3.09. The SMILES string of the molecule is Cc1ccc(O)c(C(=O)NC(C)c2cccc(Cl)c2)c1. The van der Waals surface area contributed by atoms with Gasteiger partial charge in [-0.05, 0) is 43.7 Å². The van der Waals surface area contributed by atoms with Gasteiger partial charge in [0.25, 0.3) is 5.91 Å². The van der Waals surface area contributed by atoms with Crippen molar-refractivity contribution < 1.29 is 9.90 Å². The van der Waals surface area contributed by atoms with Gasteiger partial charge in [0.15, 0.2) is 0 Å². The summed E-state index contributed by atoms with van der Waals surface area (Å²) in [5.74, 6) is -0.329. The van der Waals surface area contributed by atoms with Gasteiger partial charge in [-0.1, -0.05) is 35.4 Å². The zero-order valence-corrected chi connectivity index (χ0v) is 12.1. The Bertz CT molecular complexity index is 640. The first kappa shape index (κ1) is 14.4. The molecule has 0 aliphatic rings. The molecule has 2 N–H and O–H groups in total. The molecule has 3 nitrogen and oxygen atoms in total. The van der Waals surface area contributed by atoms with Gasteiger partial charge in [0.05, 0.1) is 11.6 Å². The Morgan fingerprint density at radius 2 is 2.00 bits per heavy atom. The predicted molar refractivity (Wildman–Crippen MR) is 80.2 cm³/mol. The Labute approximate surface area is 123 Å². The Hall–Kier alpha value is -2.00. The topological polar surface area (TPSA) is 49.3 Å². The average Bonchev–Trinajstić information content (AvgIpc) is 2.41. The number of benzene rings is 2. The van der Waals surface area contributed by atoms with Crippen LogP contribution in [0.1, 0.15) is 34.5 Å². The monoisotopic (exact) mass is 289 g/mol. The van der Waals surface area contributed by atoms with Crippen molar-refractivity contribution >= 4 is 17.5 Å². The summed E-state index contributed by atoms with van der Waals surface area (Å²) in [5.41, 5.74) is 2.11. The van der Waals surface area contributed by atoms with E-state index < -0.39 is 0 Å². The van der Waals surface area contributed by atoms with E-state index in [0.717, 1.165) is 11.1 Å². The van der Waals surface area contributed by atoms with E-state index in [9.17, 15) is 9.90 Å². The minimum atomic E-state index is -0.307. The standard InChI is InChI=1S/C16H16ClNO2/c1-10-6-7-15(19)14(8-10)16(20)18-11(2)12-4-3-5-13(17)9-12/h3-9,11,19H,1-2H3,(H,18,20). The summed E-state index contributed by atoms with van der Waals surface area (Å²) in [6.07, 6.45) is 0. The van der Waals surface area contributed by atoms with E-state index in [2.05, 4.69) is 5.32 Å². The second-order valence-electron chi connectivity index (χ2n) is 4.77. The number of hydrogen-bond donors (Lipinski definition) is 2. The molecule has 0 saturated carbocycles. The molecule has 20 heavy (non-hydrogen) atoms. The molecule has 0 fully saturated rings. The van der Waals surface area contributed by atoms with E-state index in [1.54, 1.807) is 18.2 Å². The Morgan fingerprint density at radius 3 is 2.70 bits per heavy atom. The Balaban J connectivity index is 2.17. The van der Waals surface area contributed by atoms with Crippen LogP contribution in [0.4, 0.5) is 0 Å². The summed E-state index contributed by atoms with van der Waals surface area (Å²) in [7, 11) is 0. The van der Waals surface area contributed by atoms with Crippen molar-refractivity contribution in [3.8, 4) is 5.75 Å².